The Labute approximate surface area is 122 Å². The minimum atomic E-state index is -3.96. The SMILES string of the molecule is Cc1nn(-c2ccc(S(N)(=O)=O)cc2C(=O)O)c(C)c1C. The third-order valence-corrected chi connectivity index (χ3v) is 4.32. The molecule has 0 radical (unpaired) electrons. The zero-order valence-electron chi connectivity index (χ0n) is 11.8. The molecule has 0 aliphatic rings. The molecule has 112 valence electrons. The normalized spacial score (nSPS) is 11.6. The van der Waals surface area contributed by atoms with E-state index in [1.54, 1.807) is 0 Å². The zero-order valence-corrected chi connectivity index (χ0v) is 12.6. The summed E-state index contributed by atoms with van der Waals surface area (Å²) in [5.41, 5.74) is 2.63. The van der Waals surface area contributed by atoms with Gasteiger partial charge in [-0.2, -0.15) is 5.10 Å². The maximum atomic E-state index is 11.4. The van der Waals surface area contributed by atoms with Crippen molar-refractivity contribution >= 4 is 16.0 Å². The van der Waals surface area contributed by atoms with Crippen LogP contribution in [0.15, 0.2) is 23.1 Å². The third kappa shape index (κ3) is 2.67. The van der Waals surface area contributed by atoms with Gasteiger partial charge < -0.3 is 5.11 Å². The van der Waals surface area contributed by atoms with Gasteiger partial charge in [0.25, 0.3) is 0 Å². The topological polar surface area (TPSA) is 115 Å². The number of hydrogen-bond acceptors (Lipinski definition) is 4. The standard InChI is InChI=1S/C13H15N3O4S/c1-7-8(2)15-16(9(7)3)12-5-4-10(21(14,19)20)6-11(12)13(17)18/h4-6H,1-3H3,(H,17,18)(H2,14,19,20). The van der Waals surface area contributed by atoms with Crippen LogP contribution >= 0.6 is 0 Å². The van der Waals surface area contributed by atoms with Crippen molar-refractivity contribution < 1.29 is 18.3 Å². The second kappa shape index (κ2) is 4.97. The van der Waals surface area contributed by atoms with Crippen molar-refractivity contribution in [3.05, 3.63) is 40.7 Å². The molecule has 0 aliphatic carbocycles. The van der Waals surface area contributed by atoms with Crippen LogP contribution in [0.5, 0.6) is 0 Å². The van der Waals surface area contributed by atoms with E-state index in [9.17, 15) is 18.3 Å². The molecule has 1 aromatic heterocycles. The van der Waals surface area contributed by atoms with Crippen LogP contribution in [0.3, 0.4) is 0 Å². The number of benzene rings is 1. The van der Waals surface area contributed by atoms with E-state index in [2.05, 4.69) is 5.10 Å². The van der Waals surface area contributed by atoms with Crippen molar-refractivity contribution in [2.24, 2.45) is 5.14 Å². The summed E-state index contributed by atoms with van der Waals surface area (Å²) in [5.74, 6) is -1.25. The molecule has 1 aromatic carbocycles. The predicted molar refractivity (Wildman–Crippen MR) is 76.1 cm³/mol. The summed E-state index contributed by atoms with van der Waals surface area (Å²) in [6.45, 7) is 5.51. The molecule has 0 bridgehead atoms. The Morgan fingerprint density at radius 1 is 1.29 bits per heavy atom. The fourth-order valence-corrected chi connectivity index (χ4v) is 2.54. The largest absolute Gasteiger partial charge is 0.478 e. The molecule has 0 amide bonds. The lowest BCUT2D eigenvalue weighted by atomic mass is 10.1. The summed E-state index contributed by atoms with van der Waals surface area (Å²) in [4.78, 5) is 11.2. The number of rotatable bonds is 3. The summed E-state index contributed by atoms with van der Waals surface area (Å²) in [6.07, 6.45) is 0. The molecule has 0 unspecified atom stereocenters. The first kappa shape index (κ1) is 15.2. The Balaban J connectivity index is 2.75. The van der Waals surface area contributed by atoms with Gasteiger partial charge >= 0.3 is 5.97 Å². The Kier molecular flexibility index (Phi) is 3.60. The maximum absolute atomic E-state index is 11.4. The molecule has 2 rings (SSSR count). The van der Waals surface area contributed by atoms with Crippen LogP contribution in [0, 0.1) is 20.8 Å². The average Bonchev–Trinajstić information content (AvgIpc) is 2.64. The van der Waals surface area contributed by atoms with Crippen LogP contribution in [0.2, 0.25) is 0 Å². The molecule has 0 spiro atoms. The van der Waals surface area contributed by atoms with E-state index in [-0.39, 0.29) is 10.5 Å². The molecule has 0 saturated heterocycles. The summed E-state index contributed by atoms with van der Waals surface area (Å²) >= 11 is 0. The van der Waals surface area contributed by atoms with Gasteiger partial charge in [-0.25, -0.2) is 23.0 Å². The highest BCUT2D eigenvalue weighted by Crippen LogP contribution is 2.22. The number of primary sulfonamides is 1. The highest BCUT2D eigenvalue weighted by molar-refractivity contribution is 7.89. The van der Waals surface area contributed by atoms with Crippen LogP contribution in [0.25, 0.3) is 5.69 Å². The number of aryl methyl sites for hydroxylation is 1. The van der Waals surface area contributed by atoms with E-state index in [0.717, 1.165) is 23.0 Å². The van der Waals surface area contributed by atoms with Gasteiger partial charge in [-0.1, -0.05) is 0 Å². The van der Waals surface area contributed by atoms with Crippen LogP contribution < -0.4 is 5.14 Å². The minimum absolute atomic E-state index is 0.174. The van der Waals surface area contributed by atoms with Crippen molar-refractivity contribution in [2.75, 3.05) is 0 Å². The maximum Gasteiger partial charge on any atom is 0.337 e. The molecule has 0 aliphatic heterocycles. The van der Waals surface area contributed by atoms with Gasteiger partial charge in [-0.15, -0.1) is 0 Å². The molecule has 21 heavy (non-hydrogen) atoms. The number of carbonyl (C=O) groups is 1. The van der Waals surface area contributed by atoms with E-state index in [1.807, 2.05) is 20.8 Å². The second-order valence-electron chi connectivity index (χ2n) is 4.74. The molecular weight excluding hydrogens is 294 g/mol. The highest BCUT2D eigenvalue weighted by Gasteiger charge is 2.19. The molecule has 0 saturated carbocycles. The summed E-state index contributed by atoms with van der Waals surface area (Å²) in [6, 6.07) is 3.70. The molecule has 8 heteroatoms. The number of sulfonamides is 1. The molecule has 2 aromatic rings. The number of carboxylic acids is 1. The zero-order chi connectivity index (χ0) is 15.9. The average molecular weight is 309 g/mol. The van der Waals surface area contributed by atoms with Crippen LogP contribution in [-0.4, -0.2) is 29.3 Å². The van der Waals surface area contributed by atoms with Crippen molar-refractivity contribution in [3.63, 3.8) is 0 Å². The van der Waals surface area contributed by atoms with Gasteiger partial charge in [0.05, 0.1) is 21.8 Å². The second-order valence-corrected chi connectivity index (χ2v) is 6.30. The van der Waals surface area contributed by atoms with E-state index in [4.69, 9.17) is 5.14 Å². The Hall–Kier alpha value is -2.19. The Bertz CT molecular complexity index is 837. The third-order valence-electron chi connectivity index (χ3n) is 3.41. The van der Waals surface area contributed by atoms with E-state index in [0.29, 0.717) is 5.69 Å². The highest BCUT2D eigenvalue weighted by atomic mass is 32.2. The van der Waals surface area contributed by atoms with Crippen molar-refractivity contribution in [2.45, 2.75) is 25.7 Å². The van der Waals surface area contributed by atoms with Crippen molar-refractivity contribution in [1.82, 2.24) is 9.78 Å². The Morgan fingerprint density at radius 2 is 1.90 bits per heavy atom. The summed E-state index contributed by atoms with van der Waals surface area (Å²) in [5, 5.41) is 18.6. The first-order valence-electron chi connectivity index (χ1n) is 6.06. The lowest BCUT2D eigenvalue weighted by molar-refractivity contribution is 0.0696. The minimum Gasteiger partial charge on any atom is -0.478 e. The van der Waals surface area contributed by atoms with E-state index >= 15 is 0 Å². The quantitative estimate of drug-likeness (QED) is 0.882. The monoisotopic (exact) mass is 309 g/mol. The molecule has 1 heterocycles. The number of aromatic nitrogens is 2. The Morgan fingerprint density at radius 3 is 2.33 bits per heavy atom. The van der Waals surface area contributed by atoms with Crippen LogP contribution in [0.1, 0.15) is 27.3 Å². The lowest BCUT2D eigenvalue weighted by Crippen LogP contribution is -2.15. The number of hydrogen-bond donors (Lipinski definition) is 2. The van der Waals surface area contributed by atoms with E-state index in [1.165, 1.54) is 16.8 Å². The predicted octanol–water partition coefficient (Wildman–Crippen LogP) is 1.14. The molecule has 3 N–H and O–H groups in total. The van der Waals surface area contributed by atoms with Gasteiger partial charge in [0.2, 0.25) is 10.0 Å². The van der Waals surface area contributed by atoms with Gasteiger partial charge in [0.15, 0.2) is 0 Å². The molecule has 0 fully saturated rings. The molecule has 0 atom stereocenters. The number of aromatic carboxylic acids is 1. The molecular formula is C13H15N3O4S. The summed E-state index contributed by atoms with van der Waals surface area (Å²) in [7, 11) is -3.96. The summed E-state index contributed by atoms with van der Waals surface area (Å²) < 4.78 is 24.2. The van der Waals surface area contributed by atoms with E-state index < -0.39 is 16.0 Å². The van der Waals surface area contributed by atoms with Crippen molar-refractivity contribution in [1.29, 1.82) is 0 Å². The number of nitrogens with zero attached hydrogens (tertiary/aromatic N) is 2. The fourth-order valence-electron chi connectivity index (χ4n) is 2.00. The van der Waals surface area contributed by atoms with Gasteiger partial charge in [0, 0.05) is 5.69 Å². The number of carboxylic acid groups (broad SMARTS) is 1. The van der Waals surface area contributed by atoms with Gasteiger partial charge in [-0.3, -0.25) is 0 Å². The van der Waals surface area contributed by atoms with Gasteiger partial charge in [0.1, 0.15) is 0 Å². The van der Waals surface area contributed by atoms with Crippen LogP contribution in [0.4, 0.5) is 0 Å². The van der Waals surface area contributed by atoms with Crippen LogP contribution in [-0.2, 0) is 10.0 Å². The first-order chi connectivity index (χ1) is 9.62. The van der Waals surface area contributed by atoms with Crippen molar-refractivity contribution in [3.8, 4) is 5.69 Å². The van der Waals surface area contributed by atoms with Gasteiger partial charge in [-0.05, 0) is 44.5 Å². The smallest absolute Gasteiger partial charge is 0.337 e. The number of nitrogens with two attached hydrogens (primary N) is 1. The fraction of sp³-hybridized carbons (Fsp3) is 0.231. The molecule has 7 nitrogen and oxygen atoms in total. The first-order valence-corrected chi connectivity index (χ1v) is 7.61. The lowest BCUT2D eigenvalue weighted by Gasteiger charge is -2.10.